The van der Waals surface area contributed by atoms with Crippen LogP contribution in [0.15, 0.2) is 36.5 Å². The second kappa shape index (κ2) is 10.2. The monoisotopic (exact) mass is 550 g/mol. The number of halogens is 3. The quantitative estimate of drug-likeness (QED) is 0.328. The first kappa shape index (κ1) is 27.0. The molecule has 6 atom stereocenters. The standard InChI is InChI=1S/C25H25F3N4O7/c1-37-17-4-2-3-12(24(29)36)19(17)13-5-6-38-25(13)23(35)21(22(34)18(10-33)39-25)32-9-16(30-31-32)11-7-14(26)20(28)15(27)8-11/h2-4,7-9,13,18,21-23,33-35H,5-6,10H2,1H3,(H2,29,36)/t13-,18-,21+,22+,23-,25+/m1/s1. The third kappa shape index (κ3) is 4.33. The molecule has 2 saturated heterocycles. The van der Waals surface area contributed by atoms with E-state index < -0.39 is 66.0 Å². The first-order valence-corrected chi connectivity index (χ1v) is 11.9. The second-order valence-corrected chi connectivity index (χ2v) is 9.30. The van der Waals surface area contributed by atoms with E-state index in [4.69, 9.17) is 19.9 Å². The van der Waals surface area contributed by atoms with Crippen LogP contribution in [0.5, 0.6) is 5.75 Å². The molecule has 0 bridgehead atoms. The molecular formula is C25H25F3N4O7. The minimum Gasteiger partial charge on any atom is -0.496 e. The van der Waals surface area contributed by atoms with Crippen molar-refractivity contribution in [3.63, 3.8) is 0 Å². The lowest BCUT2D eigenvalue weighted by Gasteiger charge is -2.50. The van der Waals surface area contributed by atoms with E-state index >= 15 is 0 Å². The van der Waals surface area contributed by atoms with Gasteiger partial charge in [0.25, 0.3) is 0 Å². The predicted molar refractivity (Wildman–Crippen MR) is 126 cm³/mol. The van der Waals surface area contributed by atoms with Gasteiger partial charge in [0.2, 0.25) is 11.7 Å². The second-order valence-electron chi connectivity index (χ2n) is 9.30. The first-order valence-electron chi connectivity index (χ1n) is 11.9. The van der Waals surface area contributed by atoms with Crippen LogP contribution < -0.4 is 10.5 Å². The molecule has 208 valence electrons. The molecule has 2 aliphatic rings. The van der Waals surface area contributed by atoms with Gasteiger partial charge in [-0.15, -0.1) is 5.10 Å². The lowest BCUT2D eigenvalue weighted by Crippen LogP contribution is -2.64. The maximum Gasteiger partial charge on any atom is 0.249 e. The highest BCUT2D eigenvalue weighted by Gasteiger charge is 2.62. The molecular weight excluding hydrogens is 525 g/mol. The number of hydrogen-bond donors (Lipinski definition) is 4. The van der Waals surface area contributed by atoms with Gasteiger partial charge < -0.3 is 35.3 Å². The van der Waals surface area contributed by atoms with Crippen molar-refractivity contribution in [1.82, 2.24) is 15.0 Å². The summed E-state index contributed by atoms with van der Waals surface area (Å²) >= 11 is 0. The van der Waals surface area contributed by atoms with E-state index in [1.54, 1.807) is 12.1 Å². The van der Waals surface area contributed by atoms with Gasteiger partial charge in [-0.3, -0.25) is 4.79 Å². The van der Waals surface area contributed by atoms with Crippen LogP contribution in [0.1, 0.15) is 34.3 Å². The van der Waals surface area contributed by atoms with Crippen LogP contribution in [-0.4, -0.2) is 80.6 Å². The van der Waals surface area contributed by atoms with Crippen LogP contribution in [0.25, 0.3) is 11.3 Å². The summed E-state index contributed by atoms with van der Waals surface area (Å²) in [5.74, 6) is -7.75. The SMILES string of the molecule is COc1cccc(C(N)=O)c1[C@H]1CCO[C@]12O[C@H](CO)[C@H](O)[C@H](n1cc(-c3cc(F)c(F)c(F)c3)nn1)[C@H]2O. The molecule has 3 heterocycles. The molecule has 2 fully saturated rings. The summed E-state index contributed by atoms with van der Waals surface area (Å²) in [5, 5.41) is 40.5. The molecule has 1 amide bonds. The summed E-state index contributed by atoms with van der Waals surface area (Å²) in [7, 11) is 1.39. The molecule has 0 unspecified atom stereocenters. The molecule has 5 N–H and O–H groups in total. The number of carbonyl (C=O) groups is 1. The summed E-state index contributed by atoms with van der Waals surface area (Å²) < 4.78 is 59.5. The summed E-state index contributed by atoms with van der Waals surface area (Å²) in [4.78, 5) is 12.3. The molecule has 0 aliphatic carbocycles. The highest BCUT2D eigenvalue weighted by Crippen LogP contribution is 2.52. The molecule has 5 rings (SSSR count). The number of carbonyl (C=O) groups excluding carboxylic acids is 1. The fraction of sp³-hybridized carbons (Fsp3) is 0.400. The number of primary amides is 1. The Kier molecular flexibility index (Phi) is 7.07. The highest BCUT2D eigenvalue weighted by molar-refractivity contribution is 5.95. The Hall–Kier alpha value is -3.56. The third-order valence-electron chi connectivity index (χ3n) is 7.20. The van der Waals surface area contributed by atoms with Crippen molar-refractivity contribution in [2.75, 3.05) is 20.3 Å². The number of rotatable bonds is 6. The molecule has 2 aromatic carbocycles. The van der Waals surface area contributed by atoms with Crippen LogP contribution in [0.3, 0.4) is 0 Å². The van der Waals surface area contributed by atoms with Crippen LogP contribution in [0, 0.1) is 17.5 Å². The van der Waals surface area contributed by atoms with Gasteiger partial charge in [-0.25, -0.2) is 17.9 Å². The van der Waals surface area contributed by atoms with Gasteiger partial charge in [0.05, 0.1) is 26.5 Å². The predicted octanol–water partition coefficient (Wildman–Crippen LogP) is 1.02. The van der Waals surface area contributed by atoms with E-state index in [1.165, 1.54) is 19.4 Å². The molecule has 2 aliphatic heterocycles. The number of amides is 1. The Morgan fingerprint density at radius 1 is 1.26 bits per heavy atom. The molecule has 39 heavy (non-hydrogen) atoms. The third-order valence-corrected chi connectivity index (χ3v) is 7.20. The van der Waals surface area contributed by atoms with E-state index in [0.29, 0.717) is 5.56 Å². The van der Waals surface area contributed by atoms with E-state index in [9.17, 15) is 33.3 Å². The maximum atomic E-state index is 13.8. The van der Waals surface area contributed by atoms with Gasteiger partial charge in [0, 0.05) is 22.6 Å². The number of benzene rings is 2. The Labute approximate surface area is 219 Å². The highest BCUT2D eigenvalue weighted by atomic mass is 19.2. The van der Waals surface area contributed by atoms with Crippen LogP contribution in [-0.2, 0) is 9.47 Å². The van der Waals surface area contributed by atoms with Crippen molar-refractivity contribution in [1.29, 1.82) is 0 Å². The number of hydrogen-bond acceptors (Lipinski definition) is 9. The van der Waals surface area contributed by atoms with Crippen molar-refractivity contribution in [2.45, 2.75) is 42.5 Å². The van der Waals surface area contributed by atoms with Crippen LogP contribution >= 0.6 is 0 Å². The molecule has 0 saturated carbocycles. The minimum atomic E-state index is -1.91. The largest absolute Gasteiger partial charge is 0.496 e. The molecule has 0 radical (unpaired) electrons. The van der Waals surface area contributed by atoms with Gasteiger partial charge in [0.15, 0.2) is 17.5 Å². The van der Waals surface area contributed by atoms with Crippen molar-refractivity contribution < 1.29 is 47.5 Å². The van der Waals surface area contributed by atoms with Gasteiger partial charge in [-0.05, 0) is 30.7 Å². The summed E-state index contributed by atoms with van der Waals surface area (Å²) in [5.41, 5.74) is 5.81. The van der Waals surface area contributed by atoms with Crippen LogP contribution in [0.4, 0.5) is 13.2 Å². The van der Waals surface area contributed by atoms with Crippen LogP contribution in [0.2, 0.25) is 0 Å². The van der Waals surface area contributed by atoms with E-state index in [0.717, 1.165) is 16.8 Å². The summed E-state index contributed by atoms with van der Waals surface area (Å²) in [6.45, 7) is -0.623. The van der Waals surface area contributed by atoms with Gasteiger partial charge >= 0.3 is 0 Å². The number of methoxy groups -OCH3 is 1. The average molecular weight is 550 g/mol. The Bertz CT molecular complexity index is 1380. The first-order chi connectivity index (χ1) is 18.6. The van der Waals surface area contributed by atoms with E-state index in [-0.39, 0.29) is 35.6 Å². The average Bonchev–Trinajstić information content (AvgIpc) is 3.57. The zero-order valence-corrected chi connectivity index (χ0v) is 20.5. The Balaban J connectivity index is 1.59. The topological polar surface area (TPSA) is 162 Å². The fourth-order valence-corrected chi connectivity index (χ4v) is 5.41. The molecule has 11 nitrogen and oxygen atoms in total. The molecule has 3 aromatic rings. The molecule has 1 spiro atoms. The zero-order valence-electron chi connectivity index (χ0n) is 20.5. The van der Waals surface area contributed by atoms with Crippen molar-refractivity contribution in [3.8, 4) is 17.0 Å². The van der Waals surface area contributed by atoms with Crippen molar-refractivity contribution in [2.24, 2.45) is 5.73 Å². The smallest absolute Gasteiger partial charge is 0.249 e. The Morgan fingerprint density at radius 3 is 2.62 bits per heavy atom. The molecule has 1 aromatic heterocycles. The number of ether oxygens (including phenoxy) is 3. The number of aliphatic hydroxyl groups is 3. The maximum absolute atomic E-state index is 13.8. The number of aliphatic hydroxyl groups excluding tert-OH is 3. The lowest BCUT2D eigenvalue weighted by atomic mass is 9.78. The fourth-order valence-electron chi connectivity index (χ4n) is 5.41. The lowest BCUT2D eigenvalue weighted by molar-refractivity contribution is -0.344. The normalized spacial score (nSPS) is 28.6. The van der Waals surface area contributed by atoms with Crippen molar-refractivity contribution in [3.05, 3.63) is 65.1 Å². The number of nitrogens with two attached hydrogens (primary N) is 1. The summed E-state index contributed by atoms with van der Waals surface area (Å²) in [6, 6.07) is 4.77. The number of nitrogens with zero attached hydrogens (tertiary/aromatic N) is 3. The Morgan fingerprint density at radius 2 is 1.97 bits per heavy atom. The number of aromatic nitrogens is 3. The van der Waals surface area contributed by atoms with Gasteiger partial charge in [0.1, 0.15) is 35.8 Å². The zero-order chi connectivity index (χ0) is 28.1. The van der Waals surface area contributed by atoms with E-state index in [1.807, 2.05) is 0 Å². The van der Waals surface area contributed by atoms with E-state index in [2.05, 4.69) is 10.3 Å². The van der Waals surface area contributed by atoms with Crippen molar-refractivity contribution >= 4 is 5.91 Å². The van der Waals surface area contributed by atoms with Gasteiger partial charge in [-0.1, -0.05) is 11.3 Å². The molecule has 14 heteroatoms. The minimum absolute atomic E-state index is 0.0652. The van der Waals surface area contributed by atoms with Gasteiger partial charge in [-0.2, -0.15) is 0 Å². The summed E-state index contributed by atoms with van der Waals surface area (Å²) in [6.07, 6.45) is -3.08.